The molecular weight excluding hydrogens is 180 g/mol. The molecule has 0 bridgehead atoms. The van der Waals surface area contributed by atoms with Crippen LogP contribution >= 0.6 is 0 Å². The lowest BCUT2D eigenvalue weighted by atomic mass is 10.3. The minimum absolute atomic E-state index is 0.0281. The molecule has 0 saturated carbocycles. The topological polar surface area (TPSA) is 70.7 Å². The number of hydrogen-bond donors (Lipinski definition) is 2. The fraction of sp³-hybridized carbons (Fsp3) is 0.556. The van der Waals surface area contributed by atoms with Crippen molar-refractivity contribution in [1.29, 1.82) is 0 Å². The van der Waals surface area contributed by atoms with E-state index in [-0.39, 0.29) is 5.91 Å². The number of rotatable bonds is 3. The van der Waals surface area contributed by atoms with Crippen LogP contribution in [0.25, 0.3) is 0 Å². The van der Waals surface area contributed by atoms with Crippen LogP contribution < -0.4 is 11.1 Å². The van der Waals surface area contributed by atoms with Gasteiger partial charge in [-0.3, -0.25) is 4.79 Å². The predicted octanol–water partition coefficient (Wildman–Crippen LogP) is 0.00420. The summed E-state index contributed by atoms with van der Waals surface area (Å²) in [7, 11) is 1.74. The maximum absolute atomic E-state index is 11.6. The van der Waals surface area contributed by atoms with E-state index in [1.54, 1.807) is 11.9 Å². The smallest absolute Gasteiger partial charge is 0.233 e. The van der Waals surface area contributed by atoms with Crippen LogP contribution in [0.4, 0.5) is 0 Å². The summed E-state index contributed by atoms with van der Waals surface area (Å²) in [5.74, 6) is 0.417. The van der Waals surface area contributed by atoms with Crippen LogP contribution in [0, 0.1) is 0 Å². The Morgan fingerprint density at radius 2 is 2.43 bits per heavy atom. The van der Waals surface area contributed by atoms with E-state index in [9.17, 15) is 4.79 Å². The summed E-state index contributed by atoms with van der Waals surface area (Å²) >= 11 is 0. The van der Waals surface area contributed by atoms with Crippen LogP contribution in [0.3, 0.4) is 0 Å². The van der Waals surface area contributed by atoms with Crippen LogP contribution in [0.1, 0.15) is 19.8 Å². The van der Waals surface area contributed by atoms with E-state index in [4.69, 9.17) is 5.73 Å². The minimum atomic E-state index is 0.0281. The van der Waals surface area contributed by atoms with Crippen molar-refractivity contribution in [1.82, 2.24) is 10.2 Å². The van der Waals surface area contributed by atoms with Gasteiger partial charge in [0.1, 0.15) is 5.82 Å². The van der Waals surface area contributed by atoms with Gasteiger partial charge >= 0.3 is 0 Å². The summed E-state index contributed by atoms with van der Waals surface area (Å²) in [6.07, 6.45) is 2.71. The SMILES string of the molecule is CCCN1C=NC(N)=C(NC)CC1=O. The van der Waals surface area contributed by atoms with E-state index in [2.05, 4.69) is 10.3 Å². The van der Waals surface area contributed by atoms with E-state index in [0.717, 1.165) is 6.42 Å². The van der Waals surface area contributed by atoms with Gasteiger partial charge < -0.3 is 16.0 Å². The van der Waals surface area contributed by atoms with Gasteiger partial charge in [-0.25, -0.2) is 4.99 Å². The molecule has 0 radical (unpaired) electrons. The monoisotopic (exact) mass is 196 g/mol. The molecule has 0 aromatic heterocycles. The number of amides is 1. The predicted molar refractivity (Wildman–Crippen MR) is 55.4 cm³/mol. The average Bonchev–Trinajstić information content (AvgIpc) is 2.30. The van der Waals surface area contributed by atoms with Gasteiger partial charge in [0.15, 0.2) is 0 Å². The summed E-state index contributed by atoms with van der Waals surface area (Å²) < 4.78 is 0. The molecule has 1 aliphatic rings. The van der Waals surface area contributed by atoms with Crippen molar-refractivity contribution in [2.45, 2.75) is 19.8 Å². The van der Waals surface area contributed by atoms with Crippen molar-refractivity contribution in [3.63, 3.8) is 0 Å². The molecule has 5 heteroatoms. The third-order valence-electron chi connectivity index (χ3n) is 2.06. The normalized spacial score (nSPS) is 17.3. The molecule has 78 valence electrons. The molecule has 0 saturated heterocycles. The van der Waals surface area contributed by atoms with Crippen molar-refractivity contribution in [3.8, 4) is 0 Å². The summed E-state index contributed by atoms with van der Waals surface area (Å²) in [5, 5.41) is 2.88. The number of aliphatic imine (C=N–C) groups is 1. The Bertz CT molecular complexity index is 283. The van der Waals surface area contributed by atoms with Crippen LogP contribution in [-0.4, -0.2) is 30.7 Å². The molecule has 0 atom stereocenters. The van der Waals surface area contributed by atoms with Gasteiger partial charge in [0.2, 0.25) is 5.91 Å². The van der Waals surface area contributed by atoms with Gasteiger partial charge in [0.05, 0.1) is 18.5 Å². The molecule has 14 heavy (non-hydrogen) atoms. The first-order chi connectivity index (χ1) is 6.69. The lowest BCUT2D eigenvalue weighted by molar-refractivity contribution is -0.126. The molecule has 0 aromatic carbocycles. The second-order valence-electron chi connectivity index (χ2n) is 3.12. The van der Waals surface area contributed by atoms with E-state index >= 15 is 0 Å². The van der Waals surface area contributed by atoms with Gasteiger partial charge in [0, 0.05) is 13.6 Å². The van der Waals surface area contributed by atoms with Crippen molar-refractivity contribution >= 4 is 12.2 Å². The molecule has 0 fully saturated rings. The second kappa shape index (κ2) is 4.64. The number of nitrogens with two attached hydrogens (primary N) is 1. The quantitative estimate of drug-likeness (QED) is 0.667. The molecule has 0 aromatic rings. The number of carbonyl (C=O) groups is 1. The zero-order valence-corrected chi connectivity index (χ0v) is 8.58. The molecule has 3 N–H and O–H groups in total. The molecule has 0 unspecified atom stereocenters. The van der Waals surface area contributed by atoms with E-state index < -0.39 is 0 Å². The Hall–Kier alpha value is -1.52. The third-order valence-corrected chi connectivity index (χ3v) is 2.06. The Morgan fingerprint density at radius 3 is 3.00 bits per heavy atom. The fourth-order valence-corrected chi connectivity index (χ4v) is 1.26. The lowest BCUT2D eigenvalue weighted by Crippen LogP contribution is -2.30. The van der Waals surface area contributed by atoms with Crippen LogP contribution in [0.5, 0.6) is 0 Å². The fourth-order valence-electron chi connectivity index (χ4n) is 1.26. The lowest BCUT2D eigenvalue weighted by Gasteiger charge is -2.14. The number of nitrogens with zero attached hydrogens (tertiary/aromatic N) is 2. The highest BCUT2D eigenvalue weighted by atomic mass is 16.2. The molecule has 0 spiro atoms. The molecule has 0 aliphatic carbocycles. The molecule has 1 aliphatic heterocycles. The maximum Gasteiger partial charge on any atom is 0.233 e. The number of hydrogen-bond acceptors (Lipinski definition) is 4. The van der Waals surface area contributed by atoms with Crippen LogP contribution in [0.2, 0.25) is 0 Å². The highest BCUT2D eigenvalue weighted by Gasteiger charge is 2.17. The summed E-state index contributed by atoms with van der Waals surface area (Å²) in [6.45, 7) is 2.70. The van der Waals surface area contributed by atoms with E-state index in [1.165, 1.54) is 6.34 Å². The first-order valence-electron chi connectivity index (χ1n) is 4.69. The minimum Gasteiger partial charge on any atom is -0.388 e. The highest BCUT2D eigenvalue weighted by molar-refractivity contribution is 5.90. The highest BCUT2D eigenvalue weighted by Crippen LogP contribution is 2.09. The standard InChI is InChI=1S/C9H16N4O/c1-3-4-13-6-12-9(10)7(11-2)5-8(13)14/h6,11H,3-5,10H2,1-2H3. The van der Waals surface area contributed by atoms with Gasteiger partial charge in [-0.2, -0.15) is 0 Å². The molecule has 1 heterocycles. The number of carbonyl (C=O) groups excluding carboxylic acids is 1. The van der Waals surface area contributed by atoms with Crippen molar-refractivity contribution in [3.05, 3.63) is 11.5 Å². The largest absolute Gasteiger partial charge is 0.388 e. The van der Waals surface area contributed by atoms with Gasteiger partial charge in [-0.15, -0.1) is 0 Å². The molecular formula is C9H16N4O. The van der Waals surface area contributed by atoms with E-state index in [1.807, 2.05) is 6.92 Å². The Morgan fingerprint density at radius 1 is 1.71 bits per heavy atom. The summed E-state index contributed by atoms with van der Waals surface area (Å²) in [4.78, 5) is 17.2. The Balaban J connectivity index is 2.79. The molecule has 1 rings (SSSR count). The van der Waals surface area contributed by atoms with Gasteiger partial charge in [-0.1, -0.05) is 6.92 Å². The number of nitrogens with one attached hydrogen (secondary N) is 1. The Labute approximate surface area is 83.7 Å². The van der Waals surface area contributed by atoms with Gasteiger partial charge in [0.25, 0.3) is 0 Å². The second-order valence-corrected chi connectivity index (χ2v) is 3.12. The first kappa shape index (κ1) is 10.6. The summed E-state index contributed by atoms with van der Waals surface area (Å²) in [6, 6.07) is 0. The molecule has 1 amide bonds. The zero-order chi connectivity index (χ0) is 10.6. The average molecular weight is 196 g/mol. The van der Waals surface area contributed by atoms with Crippen molar-refractivity contribution < 1.29 is 4.79 Å². The third kappa shape index (κ3) is 2.25. The maximum atomic E-state index is 11.6. The molecule has 5 nitrogen and oxygen atoms in total. The zero-order valence-electron chi connectivity index (χ0n) is 8.58. The van der Waals surface area contributed by atoms with Crippen molar-refractivity contribution in [2.24, 2.45) is 10.7 Å². The first-order valence-corrected chi connectivity index (χ1v) is 4.69. The van der Waals surface area contributed by atoms with Crippen molar-refractivity contribution in [2.75, 3.05) is 13.6 Å². The Kier molecular flexibility index (Phi) is 3.50. The summed E-state index contributed by atoms with van der Waals surface area (Å²) in [5.41, 5.74) is 6.34. The van der Waals surface area contributed by atoms with Gasteiger partial charge in [-0.05, 0) is 6.42 Å². The van der Waals surface area contributed by atoms with Crippen LogP contribution in [-0.2, 0) is 4.79 Å². The van der Waals surface area contributed by atoms with E-state index in [0.29, 0.717) is 24.5 Å². The van der Waals surface area contributed by atoms with Crippen LogP contribution in [0.15, 0.2) is 16.5 Å².